The van der Waals surface area contributed by atoms with Gasteiger partial charge >= 0.3 is 5.97 Å². The van der Waals surface area contributed by atoms with Crippen molar-refractivity contribution in [3.8, 4) is 0 Å². The van der Waals surface area contributed by atoms with Gasteiger partial charge in [-0.05, 0) is 18.6 Å². The van der Waals surface area contributed by atoms with Crippen LogP contribution in [0.3, 0.4) is 0 Å². The van der Waals surface area contributed by atoms with Gasteiger partial charge in [0.15, 0.2) is 5.78 Å². The molecule has 0 fully saturated rings. The number of carbonyl (C=O) groups excluding carboxylic acids is 2. The van der Waals surface area contributed by atoms with Crippen molar-refractivity contribution in [2.24, 2.45) is 0 Å². The van der Waals surface area contributed by atoms with Gasteiger partial charge in [0.2, 0.25) is 0 Å². The summed E-state index contributed by atoms with van der Waals surface area (Å²) in [5.41, 5.74) is 1.13. The van der Waals surface area contributed by atoms with E-state index in [1.807, 2.05) is 13.8 Å². The molecule has 3 heteroatoms. The number of ether oxygens (including phenoxy) is 1. The third-order valence-corrected chi connectivity index (χ3v) is 2.49. The lowest BCUT2D eigenvalue weighted by Crippen LogP contribution is -2.06. The van der Waals surface area contributed by atoms with E-state index in [4.69, 9.17) is 4.74 Å². The predicted octanol–water partition coefficient (Wildman–Crippen LogP) is 3.24. The highest BCUT2D eigenvalue weighted by atomic mass is 16.5. The van der Waals surface area contributed by atoms with Crippen LogP contribution >= 0.6 is 0 Å². The van der Waals surface area contributed by atoms with Crippen molar-refractivity contribution in [2.75, 3.05) is 6.61 Å². The normalized spacial score (nSPS) is 10.0. The lowest BCUT2D eigenvalue weighted by molar-refractivity contribution is 0.0499. The number of carbonyl (C=O) groups is 2. The van der Waals surface area contributed by atoms with Gasteiger partial charge in [-0.15, -0.1) is 0 Å². The monoisotopic (exact) mass is 234 g/mol. The van der Waals surface area contributed by atoms with Gasteiger partial charge in [0.05, 0.1) is 12.2 Å². The molecule has 0 aliphatic rings. The van der Waals surface area contributed by atoms with Crippen molar-refractivity contribution in [3.63, 3.8) is 0 Å². The van der Waals surface area contributed by atoms with Crippen molar-refractivity contribution in [3.05, 3.63) is 35.4 Å². The quantitative estimate of drug-likeness (QED) is 0.431. The Morgan fingerprint density at radius 2 is 1.65 bits per heavy atom. The molecule has 92 valence electrons. The summed E-state index contributed by atoms with van der Waals surface area (Å²) < 4.78 is 5.07. The molecule has 3 nitrogen and oxygen atoms in total. The summed E-state index contributed by atoms with van der Waals surface area (Å²) >= 11 is 0. The minimum absolute atomic E-state index is 0.0795. The lowest BCUT2D eigenvalue weighted by Gasteiger charge is -2.04. The van der Waals surface area contributed by atoms with Crippen LogP contribution in [0.25, 0.3) is 0 Å². The Labute approximate surface area is 102 Å². The molecule has 0 unspecified atom stereocenters. The second-order valence-electron chi connectivity index (χ2n) is 3.84. The summed E-state index contributed by atoms with van der Waals surface area (Å²) in [6, 6.07) is 6.61. The highest BCUT2D eigenvalue weighted by molar-refractivity contribution is 5.97. The van der Waals surface area contributed by atoms with Crippen molar-refractivity contribution in [1.82, 2.24) is 0 Å². The van der Waals surface area contributed by atoms with Crippen molar-refractivity contribution < 1.29 is 14.3 Å². The smallest absolute Gasteiger partial charge is 0.338 e. The Morgan fingerprint density at radius 3 is 2.18 bits per heavy atom. The fraction of sp³-hybridized carbons (Fsp3) is 0.429. The van der Waals surface area contributed by atoms with Gasteiger partial charge in [0, 0.05) is 12.0 Å². The minimum atomic E-state index is -0.325. The molecular weight excluding hydrogens is 216 g/mol. The molecule has 0 saturated heterocycles. The van der Waals surface area contributed by atoms with Gasteiger partial charge in [-0.1, -0.05) is 32.4 Å². The fourth-order valence-corrected chi connectivity index (χ4v) is 1.39. The van der Waals surface area contributed by atoms with E-state index in [-0.39, 0.29) is 11.8 Å². The van der Waals surface area contributed by atoms with Crippen LogP contribution in [-0.2, 0) is 4.74 Å². The number of unbranched alkanes of at least 4 members (excludes halogenated alkanes) is 1. The summed E-state index contributed by atoms with van der Waals surface area (Å²) in [6.07, 6.45) is 2.34. The molecule has 0 atom stereocenters. The maximum atomic E-state index is 11.6. The van der Waals surface area contributed by atoms with Crippen LogP contribution in [0, 0.1) is 0 Å². The predicted molar refractivity (Wildman–Crippen MR) is 66.3 cm³/mol. The van der Waals surface area contributed by atoms with Gasteiger partial charge < -0.3 is 4.74 Å². The standard InChI is InChI=1S/C14H18O3/c1-3-5-10-17-14(16)12-8-6-11(7-9-12)13(15)4-2/h6-9H,3-5,10H2,1-2H3. The summed E-state index contributed by atoms with van der Waals surface area (Å²) in [5, 5.41) is 0. The molecule has 0 radical (unpaired) electrons. The second kappa shape index (κ2) is 6.84. The average molecular weight is 234 g/mol. The van der Waals surface area contributed by atoms with Crippen LogP contribution in [0.1, 0.15) is 53.8 Å². The zero-order chi connectivity index (χ0) is 12.7. The summed E-state index contributed by atoms with van der Waals surface area (Å²) in [7, 11) is 0. The Kier molecular flexibility index (Phi) is 5.40. The zero-order valence-electron chi connectivity index (χ0n) is 10.4. The van der Waals surface area contributed by atoms with E-state index < -0.39 is 0 Å². The topological polar surface area (TPSA) is 43.4 Å². The molecule has 0 bridgehead atoms. The van der Waals surface area contributed by atoms with E-state index in [0.29, 0.717) is 24.2 Å². The van der Waals surface area contributed by atoms with E-state index in [2.05, 4.69) is 0 Å². The number of ketones is 1. The number of hydrogen-bond acceptors (Lipinski definition) is 3. The number of Topliss-reactive ketones (excluding diaryl/α,β-unsaturated/α-hetero) is 1. The van der Waals surface area contributed by atoms with Crippen LogP contribution < -0.4 is 0 Å². The molecule has 0 aromatic heterocycles. The molecule has 0 aliphatic carbocycles. The SMILES string of the molecule is CCCCOC(=O)c1ccc(C(=O)CC)cc1. The first-order chi connectivity index (χ1) is 8.19. The first-order valence-corrected chi connectivity index (χ1v) is 5.99. The average Bonchev–Trinajstić information content (AvgIpc) is 2.38. The maximum Gasteiger partial charge on any atom is 0.338 e. The van der Waals surface area contributed by atoms with Gasteiger partial charge in [0.25, 0.3) is 0 Å². The number of rotatable bonds is 6. The van der Waals surface area contributed by atoms with Gasteiger partial charge in [-0.3, -0.25) is 4.79 Å². The molecule has 0 spiro atoms. The molecule has 0 N–H and O–H groups in total. The third kappa shape index (κ3) is 4.02. The van der Waals surface area contributed by atoms with E-state index in [1.54, 1.807) is 24.3 Å². The van der Waals surface area contributed by atoms with E-state index >= 15 is 0 Å². The Bertz CT molecular complexity index is 379. The van der Waals surface area contributed by atoms with Crippen LogP contribution in [0.5, 0.6) is 0 Å². The Hall–Kier alpha value is -1.64. The molecule has 1 rings (SSSR count). The second-order valence-corrected chi connectivity index (χ2v) is 3.84. The van der Waals surface area contributed by atoms with Crippen LogP contribution in [0.15, 0.2) is 24.3 Å². The van der Waals surface area contributed by atoms with E-state index in [1.165, 1.54) is 0 Å². The summed E-state index contributed by atoms with van der Waals surface area (Å²) in [6.45, 7) is 4.30. The van der Waals surface area contributed by atoms with Crippen LogP contribution in [0.4, 0.5) is 0 Å². The van der Waals surface area contributed by atoms with E-state index in [0.717, 1.165) is 12.8 Å². The van der Waals surface area contributed by atoms with Gasteiger partial charge in [0.1, 0.15) is 0 Å². The molecule has 0 saturated carbocycles. The number of hydrogen-bond donors (Lipinski definition) is 0. The third-order valence-electron chi connectivity index (χ3n) is 2.49. The fourth-order valence-electron chi connectivity index (χ4n) is 1.39. The molecular formula is C14H18O3. The number of esters is 1. The highest BCUT2D eigenvalue weighted by Gasteiger charge is 2.08. The first-order valence-electron chi connectivity index (χ1n) is 5.99. The molecule has 1 aromatic rings. The van der Waals surface area contributed by atoms with Crippen LogP contribution in [0.2, 0.25) is 0 Å². The lowest BCUT2D eigenvalue weighted by atomic mass is 10.1. The maximum absolute atomic E-state index is 11.6. The highest BCUT2D eigenvalue weighted by Crippen LogP contribution is 2.08. The molecule has 17 heavy (non-hydrogen) atoms. The van der Waals surface area contributed by atoms with E-state index in [9.17, 15) is 9.59 Å². The Morgan fingerprint density at radius 1 is 1.06 bits per heavy atom. The van der Waals surface area contributed by atoms with Crippen molar-refractivity contribution in [1.29, 1.82) is 0 Å². The largest absolute Gasteiger partial charge is 0.462 e. The Balaban J connectivity index is 2.61. The van der Waals surface area contributed by atoms with Gasteiger partial charge in [-0.25, -0.2) is 4.79 Å². The zero-order valence-corrected chi connectivity index (χ0v) is 10.4. The van der Waals surface area contributed by atoms with Crippen molar-refractivity contribution in [2.45, 2.75) is 33.1 Å². The molecule has 0 heterocycles. The van der Waals surface area contributed by atoms with Crippen LogP contribution in [-0.4, -0.2) is 18.4 Å². The van der Waals surface area contributed by atoms with Gasteiger partial charge in [-0.2, -0.15) is 0 Å². The summed E-state index contributed by atoms with van der Waals surface area (Å²) in [4.78, 5) is 23.0. The number of benzene rings is 1. The summed E-state index contributed by atoms with van der Waals surface area (Å²) in [5.74, 6) is -0.246. The van der Waals surface area contributed by atoms with Crippen molar-refractivity contribution >= 4 is 11.8 Å². The minimum Gasteiger partial charge on any atom is -0.462 e. The first kappa shape index (κ1) is 13.4. The molecule has 1 aromatic carbocycles. The molecule has 0 aliphatic heterocycles. The molecule has 0 amide bonds.